The molecule has 3 rings (SSSR count). The normalized spacial score (nSPS) is 10.3. The van der Waals surface area contributed by atoms with Crippen molar-refractivity contribution in [2.75, 3.05) is 24.3 Å². The minimum absolute atomic E-state index is 0.223. The Kier molecular flexibility index (Phi) is 6.52. The van der Waals surface area contributed by atoms with Gasteiger partial charge in [-0.05, 0) is 24.6 Å². The van der Waals surface area contributed by atoms with Crippen LogP contribution < -0.4 is 10.6 Å². The molecule has 0 aliphatic rings. The summed E-state index contributed by atoms with van der Waals surface area (Å²) >= 11 is 0. The lowest BCUT2D eigenvalue weighted by atomic mass is 10.2. The number of anilines is 2. The standard InChI is InChI=1S/C22H22N4O3/c1-3-12-23-19-14-18(25-20(26-19)15-8-5-4-6-9-15)21(27)24-17-11-7-10-16(13-17)22(28)29-2/h4-11,13-14H,3,12H2,1-2H3,(H,24,27)(H,23,25,26). The predicted octanol–water partition coefficient (Wildman–Crippen LogP) is 4.00. The number of amides is 1. The molecular weight excluding hydrogens is 368 g/mol. The number of aromatic nitrogens is 2. The van der Waals surface area contributed by atoms with Gasteiger partial charge in [0.05, 0.1) is 12.7 Å². The summed E-state index contributed by atoms with van der Waals surface area (Å²) in [5.74, 6) is 0.168. The molecule has 7 heteroatoms. The number of esters is 1. The van der Waals surface area contributed by atoms with Gasteiger partial charge >= 0.3 is 5.97 Å². The molecule has 1 heterocycles. The molecule has 3 aromatic rings. The fraction of sp³-hybridized carbons (Fsp3) is 0.182. The van der Waals surface area contributed by atoms with Gasteiger partial charge in [0, 0.05) is 23.9 Å². The Balaban J connectivity index is 1.90. The average molecular weight is 390 g/mol. The fourth-order valence-electron chi connectivity index (χ4n) is 2.66. The molecule has 0 saturated heterocycles. The Morgan fingerprint density at radius 1 is 1.00 bits per heavy atom. The third-order valence-corrected chi connectivity index (χ3v) is 4.09. The number of benzene rings is 2. The van der Waals surface area contributed by atoms with Crippen LogP contribution in [0.5, 0.6) is 0 Å². The summed E-state index contributed by atoms with van der Waals surface area (Å²) in [6.45, 7) is 2.78. The van der Waals surface area contributed by atoms with Crippen molar-refractivity contribution in [1.82, 2.24) is 9.97 Å². The van der Waals surface area contributed by atoms with Crippen molar-refractivity contribution in [1.29, 1.82) is 0 Å². The van der Waals surface area contributed by atoms with Crippen molar-refractivity contribution >= 4 is 23.4 Å². The third-order valence-electron chi connectivity index (χ3n) is 4.09. The number of hydrogen-bond acceptors (Lipinski definition) is 6. The summed E-state index contributed by atoms with van der Waals surface area (Å²) in [6, 6.07) is 17.6. The quantitative estimate of drug-likeness (QED) is 0.592. The monoisotopic (exact) mass is 390 g/mol. The van der Waals surface area contributed by atoms with Crippen molar-refractivity contribution in [3.8, 4) is 11.4 Å². The van der Waals surface area contributed by atoms with Crippen molar-refractivity contribution in [3.63, 3.8) is 0 Å². The van der Waals surface area contributed by atoms with Gasteiger partial charge in [-0.2, -0.15) is 0 Å². The second-order valence-electron chi connectivity index (χ2n) is 6.28. The van der Waals surface area contributed by atoms with Crippen LogP contribution in [-0.4, -0.2) is 35.5 Å². The molecule has 2 aromatic carbocycles. The molecule has 1 aromatic heterocycles. The van der Waals surface area contributed by atoms with E-state index in [2.05, 4.69) is 20.6 Å². The van der Waals surface area contributed by atoms with Gasteiger partial charge in [0.1, 0.15) is 11.5 Å². The van der Waals surface area contributed by atoms with Crippen molar-refractivity contribution < 1.29 is 14.3 Å². The fourth-order valence-corrected chi connectivity index (χ4v) is 2.66. The first-order valence-corrected chi connectivity index (χ1v) is 9.29. The maximum Gasteiger partial charge on any atom is 0.337 e. The second kappa shape index (κ2) is 9.45. The highest BCUT2D eigenvalue weighted by Gasteiger charge is 2.14. The molecule has 148 valence electrons. The van der Waals surface area contributed by atoms with Crippen LogP contribution in [0.3, 0.4) is 0 Å². The second-order valence-corrected chi connectivity index (χ2v) is 6.28. The van der Waals surface area contributed by atoms with E-state index >= 15 is 0 Å². The number of ether oxygens (including phenoxy) is 1. The van der Waals surface area contributed by atoms with Gasteiger partial charge in [-0.1, -0.05) is 43.3 Å². The first kappa shape index (κ1) is 20.0. The molecule has 0 spiro atoms. The predicted molar refractivity (Wildman–Crippen MR) is 112 cm³/mol. The van der Waals surface area contributed by atoms with E-state index in [-0.39, 0.29) is 5.69 Å². The Morgan fingerprint density at radius 2 is 1.79 bits per heavy atom. The molecule has 0 fully saturated rings. The molecule has 0 atom stereocenters. The van der Waals surface area contributed by atoms with Gasteiger partial charge in [-0.25, -0.2) is 14.8 Å². The first-order valence-electron chi connectivity index (χ1n) is 9.29. The Labute approximate surface area is 169 Å². The number of nitrogens with one attached hydrogen (secondary N) is 2. The topological polar surface area (TPSA) is 93.2 Å². The van der Waals surface area contributed by atoms with E-state index in [0.717, 1.165) is 18.5 Å². The highest BCUT2D eigenvalue weighted by Crippen LogP contribution is 2.19. The molecule has 0 bridgehead atoms. The van der Waals surface area contributed by atoms with Crippen molar-refractivity contribution in [2.45, 2.75) is 13.3 Å². The van der Waals surface area contributed by atoms with Crippen LogP contribution in [0.4, 0.5) is 11.5 Å². The highest BCUT2D eigenvalue weighted by atomic mass is 16.5. The number of carbonyl (C=O) groups is 2. The van der Waals surface area contributed by atoms with E-state index in [4.69, 9.17) is 4.74 Å². The molecule has 0 radical (unpaired) electrons. The SMILES string of the molecule is CCCNc1cc(C(=O)Nc2cccc(C(=O)OC)c2)nc(-c2ccccc2)n1. The average Bonchev–Trinajstić information content (AvgIpc) is 2.77. The van der Waals surface area contributed by atoms with Gasteiger partial charge in [-0.3, -0.25) is 4.79 Å². The van der Waals surface area contributed by atoms with E-state index in [0.29, 0.717) is 22.9 Å². The van der Waals surface area contributed by atoms with Gasteiger partial charge in [0.25, 0.3) is 5.91 Å². The molecule has 2 N–H and O–H groups in total. The van der Waals surface area contributed by atoms with Gasteiger partial charge in [-0.15, -0.1) is 0 Å². The van der Waals surface area contributed by atoms with E-state index in [1.807, 2.05) is 37.3 Å². The van der Waals surface area contributed by atoms with Crippen LogP contribution in [0.25, 0.3) is 11.4 Å². The van der Waals surface area contributed by atoms with Crippen LogP contribution in [-0.2, 0) is 4.74 Å². The summed E-state index contributed by atoms with van der Waals surface area (Å²) in [7, 11) is 1.31. The third kappa shape index (κ3) is 5.16. The van der Waals surface area contributed by atoms with E-state index in [1.165, 1.54) is 7.11 Å². The number of hydrogen-bond donors (Lipinski definition) is 2. The summed E-state index contributed by atoms with van der Waals surface area (Å²) in [5, 5.41) is 5.98. The van der Waals surface area contributed by atoms with Crippen LogP contribution in [0, 0.1) is 0 Å². The van der Waals surface area contributed by atoms with Crippen LogP contribution in [0.15, 0.2) is 60.7 Å². The summed E-state index contributed by atoms with van der Waals surface area (Å²) < 4.78 is 4.72. The minimum atomic E-state index is -0.472. The lowest BCUT2D eigenvalue weighted by molar-refractivity contribution is 0.0600. The van der Waals surface area contributed by atoms with Crippen molar-refractivity contribution in [3.05, 3.63) is 71.9 Å². The first-order chi connectivity index (χ1) is 14.1. The van der Waals surface area contributed by atoms with Crippen molar-refractivity contribution in [2.24, 2.45) is 0 Å². The molecule has 0 aliphatic heterocycles. The largest absolute Gasteiger partial charge is 0.465 e. The zero-order valence-corrected chi connectivity index (χ0v) is 16.3. The number of rotatable bonds is 7. The summed E-state index contributed by atoms with van der Waals surface area (Å²) in [6.07, 6.45) is 0.923. The molecule has 0 saturated carbocycles. The molecule has 29 heavy (non-hydrogen) atoms. The lowest BCUT2D eigenvalue weighted by Crippen LogP contribution is -2.16. The van der Waals surface area contributed by atoms with E-state index in [9.17, 15) is 9.59 Å². The maximum atomic E-state index is 12.8. The summed E-state index contributed by atoms with van der Waals surface area (Å²) in [4.78, 5) is 33.5. The smallest absolute Gasteiger partial charge is 0.337 e. The molecule has 7 nitrogen and oxygen atoms in total. The van der Waals surface area contributed by atoms with Gasteiger partial charge < -0.3 is 15.4 Å². The van der Waals surface area contributed by atoms with Crippen LogP contribution >= 0.6 is 0 Å². The Hall–Kier alpha value is -3.74. The van der Waals surface area contributed by atoms with E-state index < -0.39 is 11.9 Å². The van der Waals surface area contributed by atoms with Crippen LogP contribution in [0.1, 0.15) is 34.2 Å². The number of nitrogens with zero attached hydrogens (tertiary/aromatic N) is 2. The van der Waals surface area contributed by atoms with E-state index in [1.54, 1.807) is 30.3 Å². The molecule has 1 amide bonds. The summed E-state index contributed by atoms with van der Waals surface area (Å²) in [5.41, 5.74) is 1.86. The molecular formula is C22H22N4O3. The number of carbonyl (C=O) groups excluding carboxylic acids is 2. The molecule has 0 aliphatic carbocycles. The maximum absolute atomic E-state index is 12.8. The Bertz CT molecular complexity index is 1010. The van der Waals surface area contributed by atoms with Crippen LogP contribution in [0.2, 0.25) is 0 Å². The zero-order chi connectivity index (χ0) is 20.6. The van der Waals surface area contributed by atoms with Gasteiger partial charge in [0.15, 0.2) is 5.82 Å². The Morgan fingerprint density at radius 3 is 2.52 bits per heavy atom. The lowest BCUT2D eigenvalue weighted by Gasteiger charge is -2.11. The zero-order valence-electron chi connectivity index (χ0n) is 16.3. The minimum Gasteiger partial charge on any atom is -0.465 e. The highest BCUT2D eigenvalue weighted by molar-refractivity contribution is 6.04. The van der Waals surface area contributed by atoms with Gasteiger partial charge in [0.2, 0.25) is 0 Å². The molecule has 0 unspecified atom stereocenters. The number of methoxy groups -OCH3 is 1.